The lowest BCUT2D eigenvalue weighted by Gasteiger charge is -2.64. The van der Waals surface area contributed by atoms with Crippen LogP contribution in [0.5, 0.6) is 11.8 Å². The molecule has 0 amide bonds. The second-order valence-corrected chi connectivity index (χ2v) is 7.75. The molecule has 5 rings (SSSR count). The number of aromatic nitrogens is 1. The molecule has 5 nitrogen and oxygen atoms in total. The van der Waals surface area contributed by atoms with Crippen molar-refractivity contribution in [3.8, 4) is 11.8 Å². The molecule has 124 valence electrons. The SMILES string of the molecule is COc1ccc(B2O[C@@H]3C[C@H]4C[C@H](C4(C)C)[C@@]3(C)O2)c(OC)n1. The molecular weight excluding hydrogens is 293 g/mol. The Hall–Kier alpha value is -1.27. The van der Waals surface area contributed by atoms with Crippen molar-refractivity contribution in [2.24, 2.45) is 17.3 Å². The van der Waals surface area contributed by atoms with E-state index < -0.39 is 7.12 Å². The van der Waals surface area contributed by atoms with Gasteiger partial charge in [0.25, 0.3) is 0 Å². The summed E-state index contributed by atoms with van der Waals surface area (Å²) in [7, 11) is 2.78. The molecule has 3 aliphatic carbocycles. The first-order valence-electron chi connectivity index (χ1n) is 8.32. The van der Waals surface area contributed by atoms with Gasteiger partial charge in [-0.1, -0.05) is 19.9 Å². The van der Waals surface area contributed by atoms with Gasteiger partial charge >= 0.3 is 7.12 Å². The number of pyridine rings is 1. The molecule has 1 aliphatic heterocycles. The smallest absolute Gasteiger partial charge is 0.481 e. The molecule has 1 aromatic heterocycles. The summed E-state index contributed by atoms with van der Waals surface area (Å²) in [5, 5.41) is 0. The molecule has 0 radical (unpaired) electrons. The minimum atomic E-state index is -0.423. The van der Waals surface area contributed by atoms with Gasteiger partial charge in [0.05, 0.1) is 25.9 Å². The monoisotopic (exact) mass is 317 g/mol. The molecule has 0 unspecified atom stereocenters. The van der Waals surface area contributed by atoms with Crippen LogP contribution in [0.4, 0.5) is 0 Å². The average molecular weight is 317 g/mol. The molecule has 2 heterocycles. The van der Waals surface area contributed by atoms with Crippen LogP contribution in [0.3, 0.4) is 0 Å². The van der Waals surface area contributed by atoms with Crippen molar-refractivity contribution in [1.29, 1.82) is 0 Å². The third kappa shape index (κ3) is 1.97. The van der Waals surface area contributed by atoms with Gasteiger partial charge in [-0.05, 0) is 37.0 Å². The minimum absolute atomic E-state index is 0.149. The first-order chi connectivity index (χ1) is 10.9. The molecule has 1 aromatic rings. The van der Waals surface area contributed by atoms with E-state index in [2.05, 4.69) is 25.8 Å². The van der Waals surface area contributed by atoms with Crippen molar-refractivity contribution < 1.29 is 18.8 Å². The fourth-order valence-electron chi connectivity index (χ4n) is 4.89. The molecule has 4 aliphatic rings. The van der Waals surface area contributed by atoms with Crippen LogP contribution < -0.4 is 14.9 Å². The first-order valence-corrected chi connectivity index (χ1v) is 8.32. The second kappa shape index (κ2) is 4.87. The standard InChI is InChI=1S/C17H24BNO4/c1-16(2)10-8-12(16)17(3)13(9-10)22-18(23-17)11-6-7-14(20-4)19-15(11)21-5/h6-7,10,12-13H,8-9H2,1-5H3/t10-,12-,13-,17-/m1/s1. The zero-order valence-corrected chi connectivity index (χ0v) is 14.5. The van der Waals surface area contributed by atoms with Gasteiger partial charge in [0.1, 0.15) is 0 Å². The van der Waals surface area contributed by atoms with E-state index in [9.17, 15) is 0 Å². The van der Waals surface area contributed by atoms with Crippen molar-refractivity contribution in [3.05, 3.63) is 12.1 Å². The summed E-state index contributed by atoms with van der Waals surface area (Å²) < 4.78 is 23.3. The van der Waals surface area contributed by atoms with Gasteiger partial charge in [-0.2, -0.15) is 4.98 Å². The van der Waals surface area contributed by atoms with Gasteiger partial charge in [0.2, 0.25) is 11.8 Å². The molecule has 4 atom stereocenters. The highest BCUT2D eigenvalue weighted by molar-refractivity contribution is 6.63. The van der Waals surface area contributed by atoms with E-state index >= 15 is 0 Å². The maximum atomic E-state index is 6.46. The van der Waals surface area contributed by atoms with E-state index in [1.54, 1.807) is 14.2 Å². The topological polar surface area (TPSA) is 49.8 Å². The van der Waals surface area contributed by atoms with Crippen molar-refractivity contribution in [2.45, 2.75) is 45.3 Å². The lowest BCUT2D eigenvalue weighted by molar-refractivity contribution is -0.199. The van der Waals surface area contributed by atoms with Crippen LogP contribution in [0.15, 0.2) is 12.1 Å². The summed E-state index contributed by atoms with van der Waals surface area (Å²) in [6.45, 7) is 6.93. The lowest BCUT2D eigenvalue weighted by atomic mass is 9.43. The predicted molar refractivity (Wildman–Crippen MR) is 87.1 cm³/mol. The van der Waals surface area contributed by atoms with Crippen molar-refractivity contribution in [3.63, 3.8) is 0 Å². The Kier molecular flexibility index (Phi) is 3.23. The van der Waals surface area contributed by atoms with E-state index in [0.29, 0.717) is 23.1 Å². The largest absolute Gasteiger partial charge is 0.500 e. The molecule has 0 aromatic carbocycles. The molecule has 0 spiro atoms. The van der Waals surface area contributed by atoms with Gasteiger partial charge in [-0.3, -0.25) is 0 Å². The highest BCUT2D eigenvalue weighted by atomic mass is 16.7. The molecule has 0 N–H and O–H groups in total. The third-order valence-electron chi connectivity index (χ3n) is 6.47. The lowest BCUT2D eigenvalue weighted by Crippen LogP contribution is -2.65. The zero-order chi connectivity index (χ0) is 16.4. The summed E-state index contributed by atoms with van der Waals surface area (Å²) in [4.78, 5) is 4.35. The fourth-order valence-corrected chi connectivity index (χ4v) is 4.89. The summed E-state index contributed by atoms with van der Waals surface area (Å²) in [6, 6.07) is 3.74. The van der Waals surface area contributed by atoms with Crippen LogP contribution in [-0.2, 0) is 9.31 Å². The summed E-state index contributed by atoms with van der Waals surface area (Å²) in [5.74, 6) is 2.31. The van der Waals surface area contributed by atoms with Gasteiger partial charge in [0, 0.05) is 11.5 Å². The molecule has 4 fully saturated rings. The highest BCUT2D eigenvalue weighted by Gasteiger charge is 2.68. The number of hydrogen-bond acceptors (Lipinski definition) is 5. The predicted octanol–water partition coefficient (Wildman–Crippen LogP) is 2.03. The molecular formula is C17H24BNO4. The quantitative estimate of drug-likeness (QED) is 0.799. The molecule has 23 heavy (non-hydrogen) atoms. The minimum Gasteiger partial charge on any atom is -0.481 e. The van der Waals surface area contributed by atoms with Gasteiger partial charge in [0.15, 0.2) is 0 Å². The van der Waals surface area contributed by atoms with E-state index in [1.165, 1.54) is 6.42 Å². The Bertz CT molecular complexity index is 637. The molecule has 2 bridgehead atoms. The Balaban J connectivity index is 1.64. The maximum Gasteiger partial charge on any atom is 0.500 e. The zero-order valence-electron chi connectivity index (χ0n) is 14.5. The van der Waals surface area contributed by atoms with Gasteiger partial charge in [-0.15, -0.1) is 0 Å². The van der Waals surface area contributed by atoms with Crippen LogP contribution in [0.25, 0.3) is 0 Å². The molecule has 6 heteroatoms. The van der Waals surface area contributed by atoms with Crippen LogP contribution in [0.1, 0.15) is 33.6 Å². The van der Waals surface area contributed by atoms with Crippen LogP contribution in [0, 0.1) is 17.3 Å². The molecule has 3 saturated carbocycles. The first kappa shape index (κ1) is 15.3. The normalized spacial score (nSPS) is 37.1. The van der Waals surface area contributed by atoms with Crippen molar-refractivity contribution >= 4 is 12.6 Å². The summed E-state index contributed by atoms with van der Waals surface area (Å²) in [6.07, 6.45) is 2.47. The second-order valence-electron chi connectivity index (χ2n) is 7.75. The summed E-state index contributed by atoms with van der Waals surface area (Å²) >= 11 is 0. The van der Waals surface area contributed by atoms with Crippen LogP contribution in [-0.4, -0.2) is 38.0 Å². The van der Waals surface area contributed by atoms with Crippen LogP contribution in [0.2, 0.25) is 0 Å². The van der Waals surface area contributed by atoms with Crippen LogP contribution >= 0.6 is 0 Å². The number of nitrogens with zero attached hydrogens (tertiary/aromatic N) is 1. The van der Waals surface area contributed by atoms with E-state index in [1.807, 2.05) is 12.1 Å². The average Bonchev–Trinajstić information content (AvgIpc) is 2.90. The number of rotatable bonds is 3. The van der Waals surface area contributed by atoms with Crippen molar-refractivity contribution in [1.82, 2.24) is 4.98 Å². The number of ether oxygens (including phenoxy) is 2. The number of hydrogen-bond donors (Lipinski definition) is 0. The van der Waals surface area contributed by atoms with Crippen molar-refractivity contribution in [2.75, 3.05) is 14.2 Å². The Morgan fingerprint density at radius 2 is 1.96 bits per heavy atom. The third-order valence-corrected chi connectivity index (χ3v) is 6.47. The Morgan fingerprint density at radius 1 is 1.17 bits per heavy atom. The fraction of sp³-hybridized carbons (Fsp3) is 0.706. The molecule has 1 saturated heterocycles. The van der Waals surface area contributed by atoms with Gasteiger partial charge < -0.3 is 18.8 Å². The van der Waals surface area contributed by atoms with E-state index in [4.69, 9.17) is 18.8 Å². The highest BCUT2D eigenvalue weighted by Crippen LogP contribution is 2.65. The number of methoxy groups -OCH3 is 2. The van der Waals surface area contributed by atoms with E-state index in [-0.39, 0.29) is 11.7 Å². The summed E-state index contributed by atoms with van der Waals surface area (Å²) in [5.41, 5.74) is 0.943. The maximum absolute atomic E-state index is 6.46. The van der Waals surface area contributed by atoms with E-state index in [0.717, 1.165) is 17.8 Å². The Morgan fingerprint density at radius 3 is 2.61 bits per heavy atom. The van der Waals surface area contributed by atoms with Gasteiger partial charge in [-0.25, -0.2) is 0 Å². The Labute approximate surface area is 137 Å².